The molecule has 0 aliphatic rings. The highest BCUT2D eigenvalue weighted by Crippen LogP contribution is 2.49. The topological polar surface area (TPSA) is 26.3 Å². The summed E-state index contributed by atoms with van der Waals surface area (Å²) in [6.07, 6.45) is 0. The van der Waals surface area contributed by atoms with E-state index in [9.17, 15) is 0 Å². The van der Waals surface area contributed by atoms with E-state index in [1.165, 1.54) is 76.3 Å². The molecule has 7 aromatic carbocycles. The molecule has 0 N–H and O–H groups in total. The summed E-state index contributed by atoms with van der Waals surface area (Å²) in [7, 11) is 0. The molecule has 9 rings (SSSR count). The first kappa shape index (κ1) is 28.4. The zero-order valence-corrected chi connectivity index (χ0v) is 28.6. The SMILES string of the molecule is CC(C)c1ccc(-c2cc3cc4c5cc(C(C)(C)C)ccc5oc4c4ccc5c6c(cc2c5c34)oc2ccc(C(C)(C)C)cc26)cc1. The van der Waals surface area contributed by atoms with E-state index in [2.05, 4.69) is 146 Å². The summed E-state index contributed by atoms with van der Waals surface area (Å²) in [5, 5.41) is 12.1. The molecule has 0 bridgehead atoms. The number of furan rings is 2. The van der Waals surface area contributed by atoms with Crippen LogP contribution in [0.25, 0.3) is 87.3 Å². The molecule has 0 saturated carbocycles. The van der Waals surface area contributed by atoms with Crippen molar-refractivity contribution in [3.8, 4) is 11.1 Å². The van der Waals surface area contributed by atoms with Gasteiger partial charge in [0.2, 0.25) is 0 Å². The molecule has 47 heavy (non-hydrogen) atoms. The van der Waals surface area contributed by atoms with Gasteiger partial charge in [-0.1, -0.05) is 97.9 Å². The Morgan fingerprint density at radius 1 is 0.468 bits per heavy atom. The molecule has 0 spiro atoms. The fraction of sp³-hybridized carbons (Fsp3) is 0.244. The highest BCUT2D eigenvalue weighted by atomic mass is 16.3. The Balaban J connectivity index is 1.46. The van der Waals surface area contributed by atoms with Crippen LogP contribution in [0.15, 0.2) is 99.8 Å². The summed E-state index contributed by atoms with van der Waals surface area (Å²) >= 11 is 0. The fourth-order valence-electron chi connectivity index (χ4n) is 7.75. The van der Waals surface area contributed by atoms with E-state index < -0.39 is 0 Å². The van der Waals surface area contributed by atoms with Gasteiger partial charge in [-0.25, -0.2) is 0 Å². The largest absolute Gasteiger partial charge is 0.456 e. The molecule has 0 unspecified atom stereocenters. The van der Waals surface area contributed by atoms with Crippen LogP contribution in [0, 0.1) is 0 Å². The minimum Gasteiger partial charge on any atom is -0.456 e. The van der Waals surface area contributed by atoms with Gasteiger partial charge in [0.25, 0.3) is 0 Å². The van der Waals surface area contributed by atoms with Gasteiger partial charge in [-0.2, -0.15) is 0 Å². The van der Waals surface area contributed by atoms with E-state index in [1.54, 1.807) is 0 Å². The van der Waals surface area contributed by atoms with Crippen molar-refractivity contribution in [1.82, 2.24) is 0 Å². The maximum Gasteiger partial charge on any atom is 0.143 e. The number of rotatable bonds is 2. The lowest BCUT2D eigenvalue weighted by molar-refractivity contribution is 0.590. The van der Waals surface area contributed by atoms with Crippen LogP contribution in [0.4, 0.5) is 0 Å². The van der Waals surface area contributed by atoms with Gasteiger partial charge in [0.05, 0.1) is 0 Å². The molecule has 0 fully saturated rings. The van der Waals surface area contributed by atoms with Crippen molar-refractivity contribution in [2.24, 2.45) is 0 Å². The summed E-state index contributed by atoms with van der Waals surface area (Å²) in [6, 6.07) is 34.2. The van der Waals surface area contributed by atoms with Gasteiger partial charge in [-0.3, -0.25) is 0 Å². The van der Waals surface area contributed by atoms with Gasteiger partial charge in [-0.15, -0.1) is 0 Å². The van der Waals surface area contributed by atoms with Crippen LogP contribution in [-0.4, -0.2) is 0 Å². The Morgan fingerprint density at radius 2 is 1.11 bits per heavy atom. The summed E-state index contributed by atoms with van der Waals surface area (Å²) in [5.41, 5.74) is 10.3. The molecule has 0 saturated heterocycles. The van der Waals surface area contributed by atoms with E-state index in [0.717, 1.165) is 27.7 Å². The van der Waals surface area contributed by atoms with Crippen molar-refractivity contribution < 1.29 is 8.83 Å². The number of hydrogen-bond acceptors (Lipinski definition) is 2. The van der Waals surface area contributed by atoms with Crippen LogP contribution >= 0.6 is 0 Å². The third-order valence-corrected chi connectivity index (χ3v) is 10.5. The molecule has 2 aromatic heterocycles. The van der Waals surface area contributed by atoms with Crippen LogP contribution in [0.5, 0.6) is 0 Å². The van der Waals surface area contributed by atoms with Crippen molar-refractivity contribution in [2.75, 3.05) is 0 Å². The summed E-state index contributed by atoms with van der Waals surface area (Å²) < 4.78 is 13.3. The summed E-state index contributed by atoms with van der Waals surface area (Å²) in [5.74, 6) is 0.482. The Bertz CT molecular complexity index is 2700. The van der Waals surface area contributed by atoms with Gasteiger partial charge in [0, 0.05) is 32.3 Å². The van der Waals surface area contributed by atoms with Gasteiger partial charge >= 0.3 is 0 Å². The van der Waals surface area contributed by atoms with Crippen LogP contribution in [-0.2, 0) is 10.8 Å². The zero-order chi connectivity index (χ0) is 32.6. The van der Waals surface area contributed by atoms with Crippen molar-refractivity contribution in [3.63, 3.8) is 0 Å². The molecule has 0 atom stereocenters. The lowest BCUT2D eigenvalue weighted by Gasteiger charge is -2.19. The second-order valence-electron chi connectivity index (χ2n) is 16.0. The van der Waals surface area contributed by atoms with Crippen molar-refractivity contribution >= 4 is 76.2 Å². The third-order valence-electron chi connectivity index (χ3n) is 10.5. The van der Waals surface area contributed by atoms with Crippen LogP contribution in [0.2, 0.25) is 0 Å². The van der Waals surface area contributed by atoms with E-state index >= 15 is 0 Å². The molecule has 0 radical (unpaired) electrons. The van der Waals surface area contributed by atoms with Crippen LogP contribution in [0.3, 0.4) is 0 Å². The first-order valence-electron chi connectivity index (χ1n) is 17.0. The van der Waals surface area contributed by atoms with E-state index in [-0.39, 0.29) is 10.8 Å². The predicted molar refractivity (Wildman–Crippen MR) is 202 cm³/mol. The first-order valence-corrected chi connectivity index (χ1v) is 17.0. The molecule has 2 heteroatoms. The molecule has 2 heterocycles. The maximum atomic E-state index is 6.70. The molecule has 0 amide bonds. The average molecular weight is 613 g/mol. The molecule has 0 aliphatic heterocycles. The minimum absolute atomic E-state index is 0.0383. The van der Waals surface area contributed by atoms with Crippen molar-refractivity contribution in [1.29, 1.82) is 0 Å². The molecule has 0 aliphatic carbocycles. The van der Waals surface area contributed by atoms with Crippen molar-refractivity contribution in [2.45, 2.75) is 72.1 Å². The Morgan fingerprint density at radius 3 is 1.77 bits per heavy atom. The maximum absolute atomic E-state index is 6.70. The number of fused-ring (bicyclic) bond motifs is 8. The van der Waals surface area contributed by atoms with Crippen LogP contribution in [0.1, 0.15) is 78.0 Å². The van der Waals surface area contributed by atoms with Gasteiger partial charge < -0.3 is 8.83 Å². The standard InChI is InChI=1S/C45H40O2/c1-24(2)25-9-11-26(12-10-25)32-19-27-20-35-33-21-28(44(3,4)5)13-17-37(33)47-43(35)31-16-15-30-41-36-22-29(45(6,7)8)14-18-38(36)46-39(41)23-34(32)42(30)40(27)31/h9-24H,1-8H3. The Hall–Kier alpha value is -4.82. The van der Waals surface area contributed by atoms with Gasteiger partial charge in [0.1, 0.15) is 22.3 Å². The summed E-state index contributed by atoms with van der Waals surface area (Å²) in [4.78, 5) is 0. The molecule has 2 nitrogen and oxygen atoms in total. The summed E-state index contributed by atoms with van der Waals surface area (Å²) in [6.45, 7) is 18.1. The Kier molecular flexibility index (Phi) is 5.67. The highest BCUT2D eigenvalue weighted by Gasteiger charge is 2.24. The van der Waals surface area contributed by atoms with E-state index in [0.29, 0.717) is 5.92 Å². The Labute approximate surface area is 275 Å². The fourth-order valence-corrected chi connectivity index (χ4v) is 7.75. The second kappa shape index (κ2) is 9.38. The van der Waals surface area contributed by atoms with E-state index in [1.807, 2.05) is 0 Å². The molecule has 232 valence electrons. The van der Waals surface area contributed by atoms with Crippen LogP contribution < -0.4 is 0 Å². The minimum atomic E-state index is 0.0383. The smallest absolute Gasteiger partial charge is 0.143 e. The quantitative estimate of drug-likeness (QED) is 0.182. The lowest BCUT2D eigenvalue weighted by atomic mass is 9.84. The molecule has 9 aromatic rings. The second-order valence-corrected chi connectivity index (χ2v) is 16.0. The van der Waals surface area contributed by atoms with Gasteiger partial charge in [-0.05, 0) is 115 Å². The van der Waals surface area contributed by atoms with Gasteiger partial charge in [0.15, 0.2) is 0 Å². The lowest BCUT2D eigenvalue weighted by Crippen LogP contribution is -2.10. The average Bonchev–Trinajstić information content (AvgIpc) is 3.59. The number of benzene rings is 7. The molecular weight excluding hydrogens is 572 g/mol. The normalized spacial score (nSPS) is 13.3. The van der Waals surface area contributed by atoms with Crippen molar-refractivity contribution in [3.05, 3.63) is 108 Å². The van der Waals surface area contributed by atoms with E-state index in [4.69, 9.17) is 8.83 Å². The third kappa shape index (κ3) is 4.10. The monoisotopic (exact) mass is 612 g/mol. The highest BCUT2D eigenvalue weighted by molar-refractivity contribution is 6.37. The first-order chi connectivity index (χ1) is 22.4. The predicted octanol–water partition coefficient (Wildman–Crippen LogP) is 13.8. The molecular formula is C45H40O2. The number of hydrogen-bond donors (Lipinski definition) is 0. The zero-order valence-electron chi connectivity index (χ0n) is 28.6.